The molecule has 0 bridgehead atoms. The third-order valence-electron chi connectivity index (χ3n) is 3.05. The minimum Gasteiger partial charge on any atom is -0.134 e. The zero-order valence-electron chi connectivity index (χ0n) is 7.84. The Morgan fingerprint density at radius 2 is 2.09 bits per heavy atom. The van der Waals surface area contributed by atoms with Crippen LogP contribution in [0.15, 0.2) is 0 Å². The molecule has 0 saturated heterocycles. The molecule has 11 heavy (non-hydrogen) atoms. The summed E-state index contributed by atoms with van der Waals surface area (Å²) in [4.78, 5) is 0. The van der Waals surface area contributed by atoms with E-state index in [-0.39, 0.29) is 0 Å². The molecule has 1 fully saturated rings. The molecule has 1 saturated carbocycles. The Balaban J connectivity index is 2.31. The molecule has 0 heterocycles. The Kier molecular flexibility index (Phi) is 3.85. The molecule has 1 heteroatoms. The maximum absolute atomic E-state index is 2.98. The third-order valence-corrected chi connectivity index (χ3v) is 3.65. The standard InChI is InChI=1S/C10H21P/c1-3-4-9-5-6-10(11)7-8(9)2/h8-10H,3-7,11H2,1-2H3/t8-,9+,10?/m0/s1. The van der Waals surface area contributed by atoms with Crippen LogP contribution in [0.1, 0.15) is 46.0 Å². The van der Waals surface area contributed by atoms with E-state index in [0.29, 0.717) is 0 Å². The largest absolute Gasteiger partial charge is 0.134 e. The lowest BCUT2D eigenvalue weighted by atomic mass is 9.78. The molecule has 0 nitrogen and oxygen atoms in total. The van der Waals surface area contributed by atoms with Crippen LogP contribution in [-0.2, 0) is 0 Å². The molecule has 0 aromatic carbocycles. The van der Waals surface area contributed by atoms with E-state index in [1.54, 1.807) is 0 Å². The van der Waals surface area contributed by atoms with Gasteiger partial charge in [-0.3, -0.25) is 0 Å². The topological polar surface area (TPSA) is 0 Å². The van der Waals surface area contributed by atoms with E-state index in [2.05, 4.69) is 23.1 Å². The van der Waals surface area contributed by atoms with Crippen LogP contribution in [0.5, 0.6) is 0 Å². The second kappa shape index (κ2) is 4.45. The van der Waals surface area contributed by atoms with Crippen molar-refractivity contribution in [3.8, 4) is 0 Å². The smallest absolute Gasteiger partial charge is 0.0261 e. The molecule has 0 amide bonds. The van der Waals surface area contributed by atoms with Gasteiger partial charge >= 0.3 is 0 Å². The molecule has 4 atom stereocenters. The first-order valence-corrected chi connectivity index (χ1v) is 5.66. The molecule has 1 rings (SSSR count). The predicted molar refractivity (Wildman–Crippen MR) is 54.9 cm³/mol. The van der Waals surface area contributed by atoms with Crippen molar-refractivity contribution in [3.63, 3.8) is 0 Å². The number of rotatable bonds is 2. The lowest BCUT2D eigenvalue weighted by molar-refractivity contribution is 0.246. The zero-order chi connectivity index (χ0) is 8.27. The van der Waals surface area contributed by atoms with Gasteiger partial charge in [0.2, 0.25) is 0 Å². The van der Waals surface area contributed by atoms with Crippen LogP contribution >= 0.6 is 9.24 Å². The fourth-order valence-corrected chi connectivity index (χ4v) is 2.92. The highest BCUT2D eigenvalue weighted by atomic mass is 31.0. The van der Waals surface area contributed by atoms with Crippen molar-refractivity contribution in [1.29, 1.82) is 0 Å². The van der Waals surface area contributed by atoms with E-state index in [9.17, 15) is 0 Å². The van der Waals surface area contributed by atoms with Gasteiger partial charge in [0.25, 0.3) is 0 Å². The highest BCUT2D eigenvalue weighted by Gasteiger charge is 2.24. The highest BCUT2D eigenvalue weighted by molar-refractivity contribution is 7.17. The van der Waals surface area contributed by atoms with Gasteiger partial charge in [0.15, 0.2) is 0 Å². The Morgan fingerprint density at radius 1 is 1.36 bits per heavy atom. The molecular formula is C10H21P. The van der Waals surface area contributed by atoms with Crippen LogP contribution in [0, 0.1) is 11.8 Å². The van der Waals surface area contributed by atoms with Gasteiger partial charge in [-0.1, -0.05) is 26.7 Å². The van der Waals surface area contributed by atoms with Crippen molar-refractivity contribution in [3.05, 3.63) is 0 Å². The van der Waals surface area contributed by atoms with Crippen molar-refractivity contribution in [2.24, 2.45) is 11.8 Å². The lowest BCUT2D eigenvalue weighted by Crippen LogP contribution is -2.22. The monoisotopic (exact) mass is 172 g/mol. The Morgan fingerprint density at radius 3 is 2.64 bits per heavy atom. The summed E-state index contributed by atoms with van der Waals surface area (Å²) in [5.41, 5.74) is 0.915. The van der Waals surface area contributed by atoms with Crippen LogP contribution < -0.4 is 0 Å². The van der Waals surface area contributed by atoms with Gasteiger partial charge in [-0.25, -0.2) is 0 Å². The molecule has 0 aliphatic heterocycles. The fourth-order valence-electron chi connectivity index (χ4n) is 2.30. The maximum Gasteiger partial charge on any atom is -0.0261 e. The maximum atomic E-state index is 2.98. The van der Waals surface area contributed by atoms with Gasteiger partial charge in [-0.2, -0.15) is 0 Å². The van der Waals surface area contributed by atoms with Gasteiger partial charge in [-0.05, 0) is 36.8 Å². The molecule has 0 N–H and O–H groups in total. The van der Waals surface area contributed by atoms with Gasteiger partial charge in [-0.15, -0.1) is 9.24 Å². The summed E-state index contributed by atoms with van der Waals surface area (Å²) < 4.78 is 0. The van der Waals surface area contributed by atoms with Crippen LogP contribution in [-0.4, -0.2) is 5.66 Å². The minimum atomic E-state index is 0.915. The van der Waals surface area contributed by atoms with Crippen molar-refractivity contribution in [2.75, 3.05) is 0 Å². The first kappa shape index (κ1) is 9.52. The van der Waals surface area contributed by atoms with Gasteiger partial charge in [0.05, 0.1) is 0 Å². The Labute approximate surface area is 73.3 Å². The fraction of sp³-hybridized carbons (Fsp3) is 1.00. The minimum absolute atomic E-state index is 0.915. The molecule has 0 radical (unpaired) electrons. The average molecular weight is 172 g/mol. The Bertz CT molecular complexity index is 111. The third kappa shape index (κ3) is 2.75. The number of hydrogen-bond acceptors (Lipinski definition) is 0. The molecule has 0 spiro atoms. The summed E-state index contributed by atoms with van der Waals surface area (Å²) in [5, 5.41) is 0. The van der Waals surface area contributed by atoms with Gasteiger partial charge in [0.1, 0.15) is 0 Å². The first-order valence-electron chi connectivity index (χ1n) is 4.99. The molecule has 0 aromatic rings. The average Bonchev–Trinajstić information content (AvgIpc) is 1.95. The highest BCUT2D eigenvalue weighted by Crippen LogP contribution is 2.35. The predicted octanol–water partition coefficient (Wildman–Crippen LogP) is 3.47. The van der Waals surface area contributed by atoms with E-state index in [0.717, 1.165) is 17.5 Å². The van der Waals surface area contributed by atoms with Crippen LogP contribution in [0.3, 0.4) is 0 Å². The summed E-state index contributed by atoms with van der Waals surface area (Å²) >= 11 is 0. The summed E-state index contributed by atoms with van der Waals surface area (Å²) in [6.07, 6.45) is 7.19. The second-order valence-electron chi connectivity index (χ2n) is 4.10. The summed E-state index contributed by atoms with van der Waals surface area (Å²) in [6.45, 7) is 4.73. The molecular weight excluding hydrogens is 151 g/mol. The van der Waals surface area contributed by atoms with Crippen LogP contribution in [0.2, 0.25) is 0 Å². The quantitative estimate of drug-likeness (QED) is 0.559. The van der Waals surface area contributed by atoms with Crippen LogP contribution in [0.4, 0.5) is 0 Å². The zero-order valence-corrected chi connectivity index (χ0v) is 9.00. The van der Waals surface area contributed by atoms with Crippen molar-refractivity contribution >= 4 is 9.24 Å². The van der Waals surface area contributed by atoms with E-state index in [1.165, 1.54) is 32.1 Å². The number of hydrogen-bond donors (Lipinski definition) is 0. The molecule has 66 valence electrons. The van der Waals surface area contributed by atoms with E-state index < -0.39 is 0 Å². The van der Waals surface area contributed by atoms with Crippen molar-refractivity contribution in [1.82, 2.24) is 0 Å². The van der Waals surface area contributed by atoms with Gasteiger partial charge in [0, 0.05) is 0 Å². The van der Waals surface area contributed by atoms with Crippen molar-refractivity contribution in [2.45, 2.75) is 51.6 Å². The van der Waals surface area contributed by atoms with E-state index in [1.807, 2.05) is 0 Å². The molecule has 2 unspecified atom stereocenters. The van der Waals surface area contributed by atoms with E-state index >= 15 is 0 Å². The second-order valence-corrected chi connectivity index (χ2v) is 5.04. The molecule has 0 aromatic heterocycles. The molecule has 1 aliphatic carbocycles. The van der Waals surface area contributed by atoms with E-state index in [4.69, 9.17) is 0 Å². The molecule has 1 aliphatic rings. The Hall–Kier alpha value is 0.430. The van der Waals surface area contributed by atoms with Gasteiger partial charge < -0.3 is 0 Å². The SMILES string of the molecule is CCC[C@@H]1CCC(P)C[C@@H]1C. The summed E-state index contributed by atoms with van der Waals surface area (Å²) in [6, 6.07) is 0. The summed E-state index contributed by atoms with van der Waals surface area (Å²) in [7, 11) is 2.98. The van der Waals surface area contributed by atoms with Crippen LogP contribution in [0.25, 0.3) is 0 Å². The lowest BCUT2D eigenvalue weighted by Gasteiger charge is -2.32. The summed E-state index contributed by atoms with van der Waals surface area (Å²) in [5.74, 6) is 2.02. The van der Waals surface area contributed by atoms with Crippen molar-refractivity contribution < 1.29 is 0 Å². The normalized spacial score (nSPS) is 39.0. The first-order chi connectivity index (χ1) is 5.24.